The third-order valence-corrected chi connectivity index (χ3v) is 5.30. The number of nitrogens with zero attached hydrogens (tertiary/aromatic N) is 1. The van der Waals surface area contributed by atoms with Gasteiger partial charge in [0.1, 0.15) is 5.82 Å². The predicted molar refractivity (Wildman–Crippen MR) is 105 cm³/mol. The first-order valence-electron chi connectivity index (χ1n) is 9.00. The molecule has 6 heteroatoms. The number of halogens is 2. The van der Waals surface area contributed by atoms with Gasteiger partial charge in [-0.3, -0.25) is 14.5 Å². The molecule has 0 atom stereocenters. The highest BCUT2D eigenvalue weighted by Crippen LogP contribution is 2.23. The number of aryl methyl sites for hydroxylation is 1. The van der Waals surface area contributed by atoms with Crippen molar-refractivity contribution in [3.05, 3.63) is 64.4 Å². The summed E-state index contributed by atoms with van der Waals surface area (Å²) in [5.41, 5.74) is 2.05. The first-order valence-corrected chi connectivity index (χ1v) is 9.38. The maximum atomic E-state index is 13.3. The number of nitrogens with one attached hydrogen (secondary N) is 1. The fourth-order valence-electron chi connectivity index (χ4n) is 3.30. The molecule has 1 amide bonds. The average Bonchev–Trinajstić information content (AvgIpc) is 2.65. The number of hydrogen-bond acceptors (Lipinski definition) is 3. The molecule has 4 nitrogen and oxygen atoms in total. The lowest BCUT2D eigenvalue weighted by Gasteiger charge is -2.30. The Morgan fingerprint density at radius 2 is 1.93 bits per heavy atom. The van der Waals surface area contributed by atoms with Crippen LogP contribution in [-0.2, 0) is 4.79 Å². The molecule has 2 aromatic rings. The van der Waals surface area contributed by atoms with Gasteiger partial charge in [-0.15, -0.1) is 0 Å². The Kier molecular flexibility index (Phi) is 6.24. The molecule has 0 aromatic heterocycles. The number of amides is 1. The van der Waals surface area contributed by atoms with Crippen molar-refractivity contribution >= 4 is 29.0 Å². The van der Waals surface area contributed by atoms with Gasteiger partial charge in [0.25, 0.3) is 0 Å². The summed E-state index contributed by atoms with van der Waals surface area (Å²) in [5.74, 6) is -0.647. The zero-order chi connectivity index (χ0) is 19.4. The Morgan fingerprint density at radius 3 is 2.59 bits per heavy atom. The molecule has 0 unspecified atom stereocenters. The summed E-state index contributed by atoms with van der Waals surface area (Å²) in [6.07, 6.45) is 1.33. The number of carbonyl (C=O) groups is 2. The van der Waals surface area contributed by atoms with E-state index in [9.17, 15) is 14.0 Å². The second-order valence-corrected chi connectivity index (χ2v) is 7.34. The second kappa shape index (κ2) is 8.63. The van der Waals surface area contributed by atoms with E-state index < -0.39 is 5.82 Å². The van der Waals surface area contributed by atoms with Crippen molar-refractivity contribution in [1.29, 1.82) is 0 Å². The molecule has 1 N–H and O–H groups in total. The van der Waals surface area contributed by atoms with E-state index in [1.807, 2.05) is 24.0 Å². The highest BCUT2D eigenvalue weighted by atomic mass is 35.5. The van der Waals surface area contributed by atoms with Gasteiger partial charge in [0, 0.05) is 22.2 Å². The quantitative estimate of drug-likeness (QED) is 0.776. The van der Waals surface area contributed by atoms with Crippen LogP contribution in [0.1, 0.15) is 28.8 Å². The van der Waals surface area contributed by atoms with Crippen molar-refractivity contribution in [2.45, 2.75) is 19.8 Å². The number of hydrogen-bond donors (Lipinski definition) is 1. The smallest absolute Gasteiger partial charge is 0.238 e. The Hall–Kier alpha value is -2.24. The molecular weight excluding hydrogens is 367 g/mol. The van der Waals surface area contributed by atoms with Crippen LogP contribution in [0.25, 0.3) is 0 Å². The zero-order valence-corrected chi connectivity index (χ0v) is 15.9. The van der Waals surface area contributed by atoms with Gasteiger partial charge < -0.3 is 5.32 Å². The summed E-state index contributed by atoms with van der Waals surface area (Å²) in [6.45, 7) is 3.50. The Balaban J connectivity index is 1.49. The SMILES string of the molecule is Cc1ccc(NC(=O)CN2CCC(C(=O)c3cccc(F)c3)CC2)cc1Cl. The Bertz CT molecular complexity index is 848. The number of ketones is 1. The molecule has 2 aromatic carbocycles. The third kappa shape index (κ3) is 5.15. The van der Waals surface area contributed by atoms with Crippen LogP contribution in [0.3, 0.4) is 0 Å². The normalized spacial score (nSPS) is 15.5. The minimum atomic E-state index is -0.397. The summed E-state index contributed by atoms with van der Waals surface area (Å²) in [7, 11) is 0. The fraction of sp³-hybridized carbons (Fsp3) is 0.333. The molecule has 27 heavy (non-hydrogen) atoms. The van der Waals surface area contributed by atoms with Gasteiger partial charge in [-0.1, -0.05) is 29.8 Å². The van der Waals surface area contributed by atoms with Crippen LogP contribution >= 0.6 is 11.6 Å². The minimum absolute atomic E-state index is 0.0205. The average molecular weight is 389 g/mol. The maximum absolute atomic E-state index is 13.3. The van der Waals surface area contributed by atoms with Crippen molar-refractivity contribution in [3.63, 3.8) is 0 Å². The number of Topliss-reactive ketones (excluding diaryl/α,β-unsaturated/α-hetero) is 1. The van der Waals surface area contributed by atoms with Crippen LogP contribution in [-0.4, -0.2) is 36.2 Å². The third-order valence-electron chi connectivity index (χ3n) is 4.89. The molecule has 0 radical (unpaired) electrons. The number of carbonyl (C=O) groups excluding carboxylic acids is 2. The van der Waals surface area contributed by atoms with Crippen molar-refractivity contribution in [1.82, 2.24) is 4.90 Å². The highest BCUT2D eigenvalue weighted by molar-refractivity contribution is 6.31. The van der Waals surface area contributed by atoms with Gasteiger partial charge in [0.15, 0.2) is 5.78 Å². The number of rotatable bonds is 5. The molecular formula is C21H22ClFN2O2. The van der Waals surface area contributed by atoms with Crippen LogP contribution in [0.4, 0.5) is 10.1 Å². The van der Waals surface area contributed by atoms with Gasteiger partial charge in [-0.05, 0) is 62.7 Å². The van der Waals surface area contributed by atoms with E-state index in [0.29, 0.717) is 42.2 Å². The number of piperidine rings is 1. The lowest BCUT2D eigenvalue weighted by molar-refractivity contribution is -0.117. The predicted octanol–water partition coefficient (Wildman–Crippen LogP) is 4.32. The Morgan fingerprint density at radius 1 is 1.19 bits per heavy atom. The molecule has 1 fully saturated rings. The fourth-order valence-corrected chi connectivity index (χ4v) is 3.49. The van der Waals surface area contributed by atoms with E-state index >= 15 is 0 Å². The van der Waals surface area contributed by atoms with Crippen molar-refractivity contribution < 1.29 is 14.0 Å². The van der Waals surface area contributed by atoms with Crippen LogP contribution in [0.2, 0.25) is 5.02 Å². The van der Waals surface area contributed by atoms with Crippen LogP contribution in [0.15, 0.2) is 42.5 Å². The van der Waals surface area contributed by atoms with Gasteiger partial charge >= 0.3 is 0 Å². The number of likely N-dealkylation sites (tertiary alicyclic amines) is 1. The van der Waals surface area contributed by atoms with E-state index in [1.165, 1.54) is 12.1 Å². The molecule has 0 aliphatic carbocycles. The molecule has 1 aliphatic rings. The zero-order valence-electron chi connectivity index (χ0n) is 15.2. The maximum Gasteiger partial charge on any atom is 0.238 e. The van der Waals surface area contributed by atoms with E-state index in [2.05, 4.69) is 5.32 Å². The molecule has 142 valence electrons. The molecule has 0 saturated carbocycles. The number of anilines is 1. The largest absolute Gasteiger partial charge is 0.325 e. The van der Waals surface area contributed by atoms with E-state index in [1.54, 1.807) is 18.2 Å². The van der Waals surface area contributed by atoms with Gasteiger partial charge in [0.05, 0.1) is 6.54 Å². The van der Waals surface area contributed by atoms with E-state index in [0.717, 1.165) is 5.56 Å². The topological polar surface area (TPSA) is 49.4 Å². The van der Waals surface area contributed by atoms with Crippen LogP contribution in [0.5, 0.6) is 0 Å². The summed E-state index contributed by atoms with van der Waals surface area (Å²) in [5, 5.41) is 3.46. The lowest BCUT2D eigenvalue weighted by Crippen LogP contribution is -2.40. The molecule has 1 aliphatic heterocycles. The Labute approximate surface area is 163 Å². The molecule has 3 rings (SSSR count). The second-order valence-electron chi connectivity index (χ2n) is 6.94. The van der Waals surface area contributed by atoms with Gasteiger partial charge in [-0.2, -0.15) is 0 Å². The van der Waals surface area contributed by atoms with Crippen LogP contribution in [0, 0.1) is 18.7 Å². The lowest BCUT2D eigenvalue weighted by atomic mass is 9.89. The number of benzene rings is 2. The monoisotopic (exact) mass is 388 g/mol. The molecule has 0 spiro atoms. The van der Waals surface area contributed by atoms with Gasteiger partial charge in [0.2, 0.25) is 5.91 Å². The van der Waals surface area contributed by atoms with Crippen molar-refractivity contribution in [3.8, 4) is 0 Å². The summed E-state index contributed by atoms with van der Waals surface area (Å²) in [6, 6.07) is 11.2. The highest BCUT2D eigenvalue weighted by Gasteiger charge is 2.26. The van der Waals surface area contributed by atoms with Crippen LogP contribution < -0.4 is 5.32 Å². The summed E-state index contributed by atoms with van der Waals surface area (Å²) in [4.78, 5) is 26.8. The summed E-state index contributed by atoms with van der Waals surface area (Å²) < 4.78 is 13.3. The molecule has 1 saturated heterocycles. The minimum Gasteiger partial charge on any atom is -0.325 e. The summed E-state index contributed by atoms with van der Waals surface area (Å²) >= 11 is 6.08. The van der Waals surface area contributed by atoms with Crippen molar-refractivity contribution in [2.75, 3.05) is 25.0 Å². The first-order chi connectivity index (χ1) is 12.9. The molecule has 0 bridgehead atoms. The van der Waals surface area contributed by atoms with E-state index in [4.69, 9.17) is 11.6 Å². The molecule has 1 heterocycles. The first kappa shape index (κ1) is 19.5. The van der Waals surface area contributed by atoms with Crippen molar-refractivity contribution in [2.24, 2.45) is 5.92 Å². The van der Waals surface area contributed by atoms with E-state index in [-0.39, 0.29) is 24.2 Å². The van der Waals surface area contributed by atoms with Gasteiger partial charge in [-0.25, -0.2) is 4.39 Å². The standard InChI is InChI=1S/C21H22ClFN2O2/c1-14-5-6-18(12-19(14)22)24-20(26)13-25-9-7-15(8-10-25)21(27)16-3-2-4-17(23)11-16/h2-6,11-12,15H,7-10,13H2,1H3,(H,24,26).